The van der Waals surface area contributed by atoms with Crippen molar-refractivity contribution >= 4 is 11.9 Å². The first-order valence-electron chi connectivity index (χ1n) is 18.6. The highest BCUT2D eigenvalue weighted by atomic mass is 16.6. The predicted octanol–water partition coefficient (Wildman–Crippen LogP) is 5.63. The molecule has 0 amide bonds. The molecule has 0 radical (unpaired) electrons. The van der Waals surface area contributed by atoms with E-state index >= 15 is 0 Å². The smallest absolute Gasteiger partial charge is 0.330 e. The minimum Gasteiger partial charge on any atom is -0.491 e. The lowest BCUT2D eigenvalue weighted by atomic mass is 9.41. The van der Waals surface area contributed by atoms with Crippen LogP contribution in [0.15, 0.2) is 49.6 Å². The van der Waals surface area contributed by atoms with Gasteiger partial charge in [-0.15, -0.1) is 0 Å². The van der Waals surface area contributed by atoms with E-state index in [1.807, 2.05) is 0 Å². The Kier molecular flexibility index (Phi) is 13.6. The summed E-state index contributed by atoms with van der Waals surface area (Å²) in [7, 11) is 0. The minimum absolute atomic E-state index is 0.0661. The van der Waals surface area contributed by atoms with E-state index in [1.54, 1.807) is 0 Å². The van der Waals surface area contributed by atoms with Gasteiger partial charge in [-0.05, 0) is 129 Å². The van der Waals surface area contributed by atoms with Gasteiger partial charge in [-0.25, -0.2) is 9.59 Å². The highest BCUT2D eigenvalue weighted by Crippen LogP contribution is 2.66. The molecule has 0 aliphatic heterocycles. The zero-order valence-electron chi connectivity index (χ0n) is 31.2. The highest BCUT2D eigenvalue weighted by Gasteiger charge is 2.59. The molecule has 2 unspecified atom stereocenters. The van der Waals surface area contributed by atoms with Crippen LogP contribution in [0.2, 0.25) is 0 Å². The van der Waals surface area contributed by atoms with Crippen LogP contribution < -0.4 is 9.47 Å². The third kappa shape index (κ3) is 8.73. The lowest BCUT2D eigenvalue weighted by Gasteiger charge is -2.62. The van der Waals surface area contributed by atoms with Crippen LogP contribution in [0.3, 0.4) is 0 Å². The fourth-order valence-electron chi connectivity index (χ4n) is 9.18. The molecule has 4 aliphatic rings. The molecule has 4 bridgehead atoms. The van der Waals surface area contributed by atoms with Crippen LogP contribution in [0.25, 0.3) is 0 Å². The van der Waals surface area contributed by atoms with Gasteiger partial charge in [0.2, 0.25) is 0 Å². The van der Waals surface area contributed by atoms with E-state index < -0.39 is 24.1 Å². The van der Waals surface area contributed by atoms with Crippen LogP contribution in [0.1, 0.15) is 65.5 Å². The van der Waals surface area contributed by atoms with E-state index in [9.17, 15) is 19.8 Å². The van der Waals surface area contributed by atoms with E-state index in [1.165, 1.54) is 54.4 Å². The second-order valence-electron chi connectivity index (χ2n) is 14.7. The number of hydrogen-bond acceptors (Lipinski definition) is 10. The molecule has 10 nitrogen and oxygen atoms in total. The van der Waals surface area contributed by atoms with Crippen molar-refractivity contribution in [3.63, 3.8) is 0 Å². The van der Waals surface area contributed by atoms with Crippen LogP contribution in [0.5, 0.6) is 11.5 Å². The number of benzene rings is 2. The Morgan fingerprint density at radius 2 is 1.06 bits per heavy atom. The number of ether oxygens (including phenoxy) is 6. The van der Waals surface area contributed by atoms with Crippen LogP contribution in [-0.4, -0.2) is 87.2 Å². The summed E-state index contributed by atoms with van der Waals surface area (Å²) in [6.07, 6.45) is 6.83. The quantitative estimate of drug-likeness (QED) is 0.101. The summed E-state index contributed by atoms with van der Waals surface area (Å²) < 4.78 is 33.0. The van der Waals surface area contributed by atoms with Crippen molar-refractivity contribution in [1.29, 1.82) is 0 Å². The maximum absolute atomic E-state index is 11.2. The third-order valence-electron chi connectivity index (χ3n) is 11.6. The van der Waals surface area contributed by atoms with E-state index in [2.05, 4.69) is 65.1 Å². The average molecular weight is 721 g/mol. The van der Waals surface area contributed by atoms with Gasteiger partial charge in [-0.2, -0.15) is 0 Å². The Bertz CT molecular complexity index is 1460. The number of carbonyl (C=O) groups is 2. The number of esters is 2. The monoisotopic (exact) mass is 720 g/mol. The summed E-state index contributed by atoms with van der Waals surface area (Å²) in [6.45, 7) is 16.2. The number of aliphatic hydroxyl groups excluding tert-OH is 2. The third-order valence-corrected chi connectivity index (χ3v) is 11.6. The molecule has 2 N–H and O–H groups in total. The number of aliphatic hydroxyl groups is 2. The van der Waals surface area contributed by atoms with E-state index in [-0.39, 0.29) is 58.3 Å². The van der Waals surface area contributed by atoms with Gasteiger partial charge < -0.3 is 38.6 Å². The van der Waals surface area contributed by atoms with Gasteiger partial charge >= 0.3 is 11.9 Å². The first-order valence-corrected chi connectivity index (χ1v) is 18.6. The molecule has 2 aromatic rings. The number of rotatable bonds is 20. The van der Waals surface area contributed by atoms with Crippen molar-refractivity contribution in [3.8, 4) is 11.5 Å². The summed E-state index contributed by atoms with van der Waals surface area (Å²) in [5.41, 5.74) is 7.18. The van der Waals surface area contributed by atoms with E-state index in [0.29, 0.717) is 11.8 Å². The van der Waals surface area contributed by atoms with Crippen LogP contribution in [-0.2, 0) is 34.0 Å². The Morgan fingerprint density at radius 1 is 0.654 bits per heavy atom. The molecule has 2 aromatic carbocycles. The zero-order chi connectivity index (χ0) is 37.4. The summed E-state index contributed by atoms with van der Waals surface area (Å²) in [4.78, 5) is 22.4. The van der Waals surface area contributed by atoms with Gasteiger partial charge in [0.25, 0.3) is 0 Å². The fourth-order valence-corrected chi connectivity index (χ4v) is 9.18. The molecule has 52 heavy (non-hydrogen) atoms. The zero-order valence-corrected chi connectivity index (χ0v) is 31.2. The largest absolute Gasteiger partial charge is 0.491 e. The summed E-state index contributed by atoms with van der Waals surface area (Å²) in [5.74, 6) is 3.13. The normalized spacial score (nSPS) is 24.2. The highest BCUT2D eigenvalue weighted by molar-refractivity contribution is 5.81. The van der Waals surface area contributed by atoms with Gasteiger partial charge in [-0.1, -0.05) is 25.3 Å². The molecule has 284 valence electrons. The van der Waals surface area contributed by atoms with E-state index in [0.717, 1.165) is 46.6 Å². The van der Waals surface area contributed by atoms with Crippen molar-refractivity contribution < 1.29 is 48.2 Å². The van der Waals surface area contributed by atoms with Crippen molar-refractivity contribution in [2.24, 2.45) is 23.7 Å². The van der Waals surface area contributed by atoms with Crippen molar-refractivity contribution in [1.82, 2.24) is 0 Å². The van der Waals surface area contributed by atoms with Crippen molar-refractivity contribution in [2.45, 2.75) is 77.4 Å². The van der Waals surface area contributed by atoms with Gasteiger partial charge in [0.05, 0.1) is 26.4 Å². The second kappa shape index (κ2) is 17.9. The summed E-state index contributed by atoms with van der Waals surface area (Å²) in [5, 5.41) is 21.0. The first kappa shape index (κ1) is 39.5. The molecule has 4 saturated carbocycles. The molecule has 2 atom stereocenters. The number of hydrogen-bond donors (Lipinski definition) is 2. The molecule has 6 rings (SSSR count). The lowest BCUT2D eigenvalue weighted by molar-refractivity contribution is -0.140. The SMILES string of the molecule is C=CC(=O)OCCOCC(O)COc1ccc(C2(c3ccc(OCC(O)COCCOC(=O)C=C)c(C)c3C)C3CC4CC(C3)CC2C4)c(C)c1C. The maximum Gasteiger partial charge on any atom is 0.330 e. The van der Waals surface area contributed by atoms with Gasteiger partial charge in [-0.3, -0.25) is 0 Å². The molecule has 10 heteroatoms. The molecular weight excluding hydrogens is 664 g/mol. The van der Waals surface area contributed by atoms with Crippen molar-refractivity contribution in [3.05, 3.63) is 83.0 Å². The average Bonchev–Trinajstić information content (AvgIpc) is 3.13. The Hall–Kier alpha value is -3.70. The van der Waals surface area contributed by atoms with Crippen LogP contribution in [0, 0.1) is 51.4 Å². The van der Waals surface area contributed by atoms with E-state index in [4.69, 9.17) is 28.4 Å². The van der Waals surface area contributed by atoms with Gasteiger partial charge in [0.1, 0.15) is 50.1 Å². The lowest BCUT2D eigenvalue weighted by Crippen LogP contribution is -2.56. The molecule has 4 aliphatic carbocycles. The molecule has 0 spiro atoms. The fraction of sp³-hybridized carbons (Fsp3) is 0.571. The molecular formula is C42H56O10. The summed E-state index contributed by atoms with van der Waals surface area (Å²) in [6, 6.07) is 8.67. The Morgan fingerprint density at radius 3 is 1.44 bits per heavy atom. The maximum atomic E-state index is 11.2. The first-order chi connectivity index (χ1) is 25.0. The Labute approximate surface area is 308 Å². The minimum atomic E-state index is -0.834. The molecule has 0 aromatic heterocycles. The number of carbonyl (C=O) groups excluding carboxylic acids is 2. The molecule has 4 fully saturated rings. The topological polar surface area (TPSA) is 130 Å². The summed E-state index contributed by atoms with van der Waals surface area (Å²) >= 11 is 0. The van der Waals surface area contributed by atoms with Gasteiger partial charge in [0.15, 0.2) is 0 Å². The molecule has 0 saturated heterocycles. The predicted molar refractivity (Wildman–Crippen MR) is 197 cm³/mol. The standard InChI is InChI=1S/C42H56O10/c1-7-40(45)49-15-13-47-22-34(43)24-51-38-11-9-36(26(3)28(38)5)42(32-18-30-17-31(20-32)21-33(42)19-30)37-10-12-39(29(6)27(37)4)52-25-35(44)23-48-14-16-50-41(46)8-2/h7-12,30-35,43-44H,1-2,13-25H2,3-6H3. The Balaban J connectivity index is 1.31. The molecule has 0 heterocycles. The van der Waals surface area contributed by atoms with Crippen molar-refractivity contribution in [2.75, 3.05) is 52.9 Å². The van der Waals surface area contributed by atoms with Gasteiger partial charge in [0, 0.05) is 17.6 Å². The van der Waals surface area contributed by atoms with Crippen LogP contribution >= 0.6 is 0 Å². The second-order valence-corrected chi connectivity index (χ2v) is 14.7. The van der Waals surface area contributed by atoms with Crippen LogP contribution in [0.4, 0.5) is 0 Å².